The van der Waals surface area contributed by atoms with Crippen molar-refractivity contribution in [2.24, 2.45) is 0 Å². The quantitative estimate of drug-likeness (QED) is 0.853. The van der Waals surface area contributed by atoms with Crippen molar-refractivity contribution in [3.8, 4) is 0 Å². The third-order valence-corrected chi connectivity index (χ3v) is 4.92. The Morgan fingerprint density at radius 2 is 1.75 bits per heavy atom. The zero-order chi connectivity index (χ0) is 16.4. The zero-order valence-corrected chi connectivity index (χ0v) is 13.8. The second-order valence-corrected chi connectivity index (χ2v) is 6.54. The van der Waals surface area contributed by atoms with Gasteiger partial charge in [-0.15, -0.1) is 0 Å². The van der Waals surface area contributed by atoms with Gasteiger partial charge in [0, 0.05) is 32.4 Å². The first-order chi connectivity index (χ1) is 11.8. The van der Waals surface area contributed by atoms with Crippen LogP contribution in [0.5, 0.6) is 0 Å². The minimum Gasteiger partial charge on any atom is -0.341 e. The Labute approximate surface area is 142 Å². The highest BCUT2D eigenvalue weighted by Crippen LogP contribution is 2.21. The Kier molecular flexibility index (Phi) is 4.15. The molecule has 1 amide bonds. The number of rotatable bonds is 2. The molecule has 2 aliphatic rings. The van der Waals surface area contributed by atoms with Crippen molar-refractivity contribution in [1.82, 2.24) is 14.9 Å². The first kappa shape index (κ1) is 15.1. The van der Waals surface area contributed by atoms with Gasteiger partial charge in [0.15, 0.2) is 0 Å². The summed E-state index contributed by atoms with van der Waals surface area (Å²) in [6, 6.07) is 10.1. The summed E-state index contributed by atoms with van der Waals surface area (Å²) in [6.07, 6.45) is 6.23. The number of hydrogen-bond acceptors (Lipinski definition) is 4. The summed E-state index contributed by atoms with van der Waals surface area (Å²) in [6.45, 7) is 3.38. The van der Waals surface area contributed by atoms with Crippen molar-refractivity contribution >= 4 is 11.9 Å². The van der Waals surface area contributed by atoms with E-state index in [-0.39, 0.29) is 5.91 Å². The average Bonchev–Trinajstić information content (AvgIpc) is 2.68. The molecule has 0 unspecified atom stereocenters. The third kappa shape index (κ3) is 2.98. The molecule has 1 aromatic heterocycles. The van der Waals surface area contributed by atoms with E-state index in [0.29, 0.717) is 18.2 Å². The van der Waals surface area contributed by atoms with Crippen LogP contribution >= 0.6 is 0 Å². The van der Waals surface area contributed by atoms with Gasteiger partial charge < -0.3 is 9.80 Å². The highest BCUT2D eigenvalue weighted by Gasteiger charge is 2.23. The van der Waals surface area contributed by atoms with E-state index in [9.17, 15) is 4.79 Å². The van der Waals surface area contributed by atoms with E-state index < -0.39 is 0 Å². The van der Waals surface area contributed by atoms with E-state index in [1.807, 2.05) is 11.0 Å². The highest BCUT2D eigenvalue weighted by molar-refractivity contribution is 5.92. The summed E-state index contributed by atoms with van der Waals surface area (Å²) in [5, 5.41) is 0. The van der Waals surface area contributed by atoms with Gasteiger partial charge in [-0.2, -0.15) is 0 Å². The molecule has 0 atom stereocenters. The first-order valence-electron chi connectivity index (χ1n) is 8.75. The normalized spacial score (nSPS) is 17.5. The largest absolute Gasteiger partial charge is 0.341 e. The predicted octanol–water partition coefficient (Wildman–Crippen LogP) is 2.67. The van der Waals surface area contributed by atoms with Gasteiger partial charge in [0.25, 0.3) is 5.91 Å². The lowest BCUT2D eigenvalue weighted by Crippen LogP contribution is -2.37. The van der Waals surface area contributed by atoms with E-state index >= 15 is 0 Å². The Morgan fingerprint density at radius 3 is 2.58 bits per heavy atom. The van der Waals surface area contributed by atoms with E-state index in [4.69, 9.17) is 0 Å². The number of anilines is 1. The molecule has 0 saturated carbocycles. The van der Waals surface area contributed by atoms with Gasteiger partial charge >= 0.3 is 0 Å². The molecule has 124 valence electrons. The van der Waals surface area contributed by atoms with Crippen LogP contribution in [0, 0.1) is 0 Å². The van der Waals surface area contributed by atoms with Crippen LogP contribution in [0.3, 0.4) is 0 Å². The zero-order valence-electron chi connectivity index (χ0n) is 13.8. The number of hydrogen-bond donors (Lipinski definition) is 0. The molecule has 1 fully saturated rings. The highest BCUT2D eigenvalue weighted by atomic mass is 16.2. The molecule has 0 bridgehead atoms. The second kappa shape index (κ2) is 6.59. The van der Waals surface area contributed by atoms with Crippen LogP contribution in [-0.4, -0.2) is 40.4 Å². The number of fused-ring (bicyclic) bond motifs is 1. The third-order valence-electron chi connectivity index (χ3n) is 4.92. The minimum absolute atomic E-state index is 0.00478. The second-order valence-electron chi connectivity index (χ2n) is 6.54. The standard InChI is InChI=1S/C19H22N4O/c24-18(23-13-9-15-6-2-3-7-16(15)14-23)17-8-10-20-19(21-17)22-11-4-1-5-12-22/h2-3,6-8,10H,1,4-5,9,11-14H2. The molecule has 1 saturated heterocycles. The summed E-state index contributed by atoms with van der Waals surface area (Å²) in [5.74, 6) is 0.697. The van der Waals surface area contributed by atoms with Gasteiger partial charge in [0.1, 0.15) is 5.69 Å². The Bertz CT molecular complexity index is 740. The molecule has 2 aromatic rings. The Balaban J connectivity index is 1.52. The van der Waals surface area contributed by atoms with Crippen LogP contribution in [0.25, 0.3) is 0 Å². The van der Waals surface area contributed by atoms with Gasteiger partial charge in [-0.3, -0.25) is 4.79 Å². The fraction of sp³-hybridized carbons (Fsp3) is 0.421. The smallest absolute Gasteiger partial charge is 0.272 e. The molecule has 0 N–H and O–H groups in total. The number of benzene rings is 1. The molecule has 0 spiro atoms. The minimum atomic E-state index is 0.00478. The van der Waals surface area contributed by atoms with Crippen LogP contribution in [0.15, 0.2) is 36.5 Å². The van der Waals surface area contributed by atoms with E-state index in [1.165, 1.54) is 30.4 Å². The van der Waals surface area contributed by atoms with Crippen molar-refractivity contribution < 1.29 is 4.79 Å². The maximum atomic E-state index is 12.9. The number of nitrogens with zero attached hydrogens (tertiary/aromatic N) is 4. The number of carbonyl (C=O) groups is 1. The first-order valence-corrected chi connectivity index (χ1v) is 8.75. The maximum Gasteiger partial charge on any atom is 0.272 e. The lowest BCUT2D eigenvalue weighted by Gasteiger charge is -2.29. The van der Waals surface area contributed by atoms with E-state index in [0.717, 1.165) is 26.1 Å². The molecule has 24 heavy (non-hydrogen) atoms. The molecular formula is C19H22N4O. The number of piperidine rings is 1. The maximum absolute atomic E-state index is 12.9. The van der Waals surface area contributed by atoms with Gasteiger partial charge in [-0.25, -0.2) is 9.97 Å². The summed E-state index contributed by atoms with van der Waals surface area (Å²) < 4.78 is 0. The van der Waals surface area contributed by atoms with Crippen molar-refractivity contribution in [2.75, 3.05) is 24.5 Å². The van der Waals surface area contributed by atoms with Gasteiger partial charge in [-0.1, -0.05) is 24.3 Å². The molecule has 5 nitrogen and oxygen atoms in total. The molecule has 0 radical (unpaired) electrons. The number of aromatic nitrogens is 2. The molecule has 2 aliphatic heterocycles. The van der Waals surface area contributed by atoms with E-state index in [2.05, 4.69) is 33.1 Å². The van der Waals surface area contributed by atoms with Gasteiger partial charge in [-0.05, 0) is 42.9 Å². The van der Waals surface area contributed by atoms with Crippen LogP contribution in [0.2, 0.25) is 0 Å². The number of carbonyl (C=O) groups excluding carboxylic acids is 1. The van der Waals surface area contributed by atoms with Crippen LogP contribution in [-0.2, 0) is 13.0 Å². The molecule has 1 aromatic carbocycles. The average molecular weight is 322 g/mol. The summed E-state index contributed by atoms with van der Waals surface area (Å²) in [7, 11) is 0. The van der Waals surface area contributed by atoms with E-state index in [1.54, 1.807) is 12.3 Å². The molecule has 4 rings (SSSR count). The fourth-order valence-corrected chi connectivity index (χ4v) is 3.54. The lowest BCUT2D eigenvalue weighted by atomic mass is 10.00. The number of amides is 1. The van der Waals surface area contributed by atoms with Gasteiger partial charge in [0.2, 0.25) is 5.95 Å². The SMILES string of the molecule is O=C(c1ccnc(N2CCCCC2)n1)N1CCc2ccccc2C1. The van der Waals surface area contributed by atoms with Crippen LogP contribution in [0.4, 0.5) is 5.95 Å². The van der Waals surface area contributed by atoms with Crippen LogP contribution in [0.1, 0.15) is 40.9 Å². The lowest BCUT2D eigenvalue weighted by molar-refractivity contribution is 0.0728. The summed E-state index contributed by atoms with van der Waals surface area (Å²) in [4.78, 5) is 25.9. The fourth-order valence-electron chi connectivity index (χ4n) is 3.54. The molecule has 5 heteroatoms. The predicted molar refractivity (Wildman–Crippen MR) is 93.0 cm³/mol. The monoisotopic (exact) mass is 322 g/mol. The van der Waals surface area contributed by atoms with Crippen LogP contribution < -0.4 is 4.90 Å². The van der Waals surface area contributed by atoms with Crippen molar-refractivity contribution in [3.05, 3.63) is 53.3 Å². The topological polar surface area (TPSA) is 49.3 Å². The van der Waals surface area contributed by atoms with Gasteiger partial charge in [0.05, 0.1) is 0 Å². The Morgan fingerprint density at radius 1 is 0.958 bits per heavy atom. The summed E-state index contributed by atoms with van der Waals surface area (Å²) in [5.41, 5.74) is 3.09. The molecular weight excluding hydrogens is 300 g/mol. The molecule has 0 aliphatic carbocycles. The molecule has 3 heterocycles. The van der Waals surface area contributed by atoms with Crippen molar-refractivity contribution in [2.45, 2.75) is 32.2 Å². The Hall–Kier alpha value is -2.43. The van der Waals surface area contributed by atoms with Crippen molar-refractivity contribution in [3.63, 3.8) is 0 Å². The summed E-state index contributed by atoms with van der Waals surface area (Å²) >= 11 is 0. The van der Waals surface area contributed by atoms with Crippen molar-refractivity contribution in [1.29, 1.82) is 0 Å².